The van der Waals surface area contributed by atoms with E-state index in [1.54, 1.807) is 12.4 Å². The van der Waals surface area contributed by atoms with Gasteiger partial charge in [0, 0.05) is 23.8 Å². The summed E-state index contributed by atoms with van der Waals surface area (Å²) in [5.74, 6) is 0.289. The fourth-order valence-corrected chi connectivity index (χ4v) is 2.73. The molecule has 2 heterocycles. The van der Waals surface area contributed by atoms with Crippen LogP contribution in [-0.4, -0.2) is 25.7 Å². The molecule has 2 aromatic rings. The highest BCUT2D eigenvalue weighted by molar-refractivity contribution is 5.90. The Hall–Kier alpha value is -2.24. The van der Waals surface area contributed by atoms with Crippen LogP contribution in [0, 0.1) is 0 Å². The van der Waals surface area contributed by atoms with E-state index in [0.29, 0.717) is 18.4 Å². The predicted molar refractivity (Wildman–Crippen MR) is 88.1 cm³/mol. The van der Waals surface area contributed by atoms with E-state index in [0.717, 1.165) is 43.5 Å². The first-order valence-electron chi connectivity index (χ1n) is 8.40. The van der Waals surface area contributed by atoms with Gasteiger partial charge in [-0.15, -0.1) is 0 Å². The molecule has 23 heavy (non-hydrogen) atoms. The topological polar surface area (TPSA) is 72.7 Å². The lowest BCUT2D eigenvalue weighted by Gasteiger charge is -2.27. The third kappa shape index (κ3) is 3.94. The van der Waals surface area contributed by atoms with Crippen LogP contribution < -0.4 is 5.32 Å². The largest absolute Gasteiger partial charge is 0.294 e. The minimum Gasteiger partial charge on any atom is -0.294 e. The van der Waals surface area contributed by atoms with E-state index < -0.39 is 0 Å². The second-order valence-corrected chi connectivity index (χ2v) is 6.05. The molecule has 3 rings (SSSR count). The second-order valence-electron chi connectivity index (χ2n) is 6.05. The first kappa shape index (κ1) is 15.6. The van der Waals surface area contributed by atoms with E-state index in [2.05, 4.69) is 27.3 Å². The summed E-state index contributed by atoms with van der Waals surface area (Å²) in [6, 6.07) is 4.27. The fourth-order valence-electron chi connectivity index (χ4n) is 2.73. The Morgan fingerprint density at radius 3 is 2.96 bits per heavy atom. The van der Waals surface area contributed by atoms with Gasteiger partial charge in [-0.3, -0.25) is 14.8 Å². The van der Waals surface area contributed by atoms with Gasteiger partial charge in [0.25, 0.3) is 0 Å². The minimum absolute atomic E-state index is 0.0984. The van der Waals surface area contributed by atoms with Crippen molar-refractivity contribution in [1.29, 1.82) is 0 Å². The molecule has 0 bridgehead atoms. The van der Waals surface area contributed by atoms with Gasteiger partial charge in [0.1, 0.15) is 0 Å². The molecule has 6 heteroatoms. The average molecular weight is 313 g/mol. The van der Waals surface area contributed by atoms with Gasteiger partial charge in [-0.05, 0) is 44.2 Å². The smallest absolute Gasteiger partial charge is 0.232 e. The number of carbonyl (C=O) groups is 1. The van der Waals surface area contributed by atoms with E-state index in [1.807, 2.05) is 16.8 Å². The summed E-state index contributed by atoms with van der Waals surface area (Å²) in [4.78, 5) is 20.8. The summed E-state index contributed by atoms with van der Waals surface area (Å²) < 4.78 is 1.99. The second kappa shape index (κ2) is 7.35. The van der Waals surface area contributed by atoms with Crippen LogP contribution in [0.1, 0.15) is 56.5 Å². The maximum atomic E-state index is 12.3. The lowest BCUT2D eigenvalue weighted by molar-refractivity contribution is -0.115. The number of nitrogens with zero attached hydrogens (tertiary/aromatic N) is 4. The molecule has 2 aromatic heterocycles. The Kier molecular flexibility index (Phi) is 5.00. The maximum Gasteiger partial charge on any atom is 0.232 e. The molecule has 0 atom stereocenters. The van der Waals surface area contributed by atoms with Crippen molar-refractivity contribution < 1.29 is 4.79 Å². The lowest BCUT2D eigenvalue weighted by Crippen LogP contribution is -2.23. The third-order valence-corrected chi connectivity index (χ3v) is 4.27. The Bertz CT molecular complexity index is 663. The maximum absolute atomic E-state index is 12.3. The first-order chi connectivity index (χ1) is 11.3. The van der Waals surface area contributed by atoms with E-state index in [1.165, 1.54) is 6.42 Å². The van der Waals surface area contributed by atoms with Gasteiger partial charge in [0.05, 0.1) is 12.5 Å². The van der Waals surface area contributed by atoms with Crippen LogP contribution in [0.25, 0.3) is 0 Å². The van der Waals surface area contributed by atoms with Crippen LogP contribution in [0.3, 0.4) is 0 Å². The number of rotatable bonds is 7. The van der Waals surface area contributed by atoms with Crippen molar-refractivity contribution in [3.8, 4) is 0 Å². The molecule has 1 aliphatic carbocycles. The van der Waals surface area contributed by atoms with Gasteiger partial charge in [0.2, 0.25) is 11.9 Å². The summed E-state index contributed by atoms with van der Waals surface area (Å²) >= 11 is 0. The van der Waals surface area contributed by atoms with Gasteiger partial charge in [0.15, 0.2) is 0 Å². The predicted octanol–water partition coefficient (Wildman–Crippen LogP) is 2.92. The van der Waals surface area contributed by atoms with Crippen LogP contribution in [0.5, 0.6) is 0 Å². The number of amides is 1. The highest BCUT2D eigenvalue weighted by Gasteiger charge is 2.22. The van der Waals surface area contributed by atoms with Crippen LogP contribution in [-0.2, 0) is 17.6 Å². The van der Waals surface area contributed by atoms with Gasteiger partial charge < -0.3 is 0 Å². The zero-order valence-electron chi connectivity index (χ0n) is 13.5. The SMILES string of the molecule is CCCCc1ccnc(NC(=O)Cc2ccnn2C2CCC2)n1. The van der Waals surface area contributed by atoms with E-state index in [4.69, 9.17) is 0 Å². The highest BCUT2D eigenvalue weighted by Crippen LogP contribution is 2.31. The zero-order chi connectivity index (χ0) is 16.1. The quantitative estimate of drug-likeness (QED) is 0.853. The van der Waals surface area contributed by atoms with Crippen LogP contribution in [0.2, 0.25) is 0 Å². The monoisotopic (exact) mass is 313 g/mol. The number of hydrogen-bond acceptors (Lipinski definition) is 4. The number of hydrogen-bond donors (Lipinski definition) is 1. The molecule has 0 aliphatic heterocycles. The molecule has 6 nitrogen and oxygen atoms in total. The zero-order valence-corrected chi connectivity index (χ0v) is 13.5. The number of aromatic nitrogens is 4. The van der Waals surface area contributed by atoms with Crippen molar-refractivity contribution in [2.75, 3.05) is 5.32 Å². The molecule has 0 spiro atoms. The van der Waals surface area contributed by atoms with Crippen molar-refractivity contribution in [1.82, 2.24) is 19.7 Å². The van der Waals surface area contributed by atoms with E-state index in [9.17, 15) is 4.79 Å². The molecule has 1 aliphatic rings. The van der Waals surface area contributed by atoms with Crippen LogP contribution in [0.15, 0.2) is 24.5 Å². The lowest BCUT2D eigenvalue weighted by atomic mass is 9.93. The molecule has 1 saturated carbocycles. The van der Waals surface area contributed by atoms with Gasteiger partial charge in [-0.1, -0.05) is 13.3 Å². The third-order valence-electron chi connectivity index (χ3n) is 4.27. The van der Waals surface area contributed by atoms with Crippen molar-refractivity contribution in [2.24, 2.45) is 0 Å². The molecule has 1 amide bonds. The summed E-state index contributed by atoms with van der Waals surface area (Å²) in [6.07, 6.45) is 10.4. The number of carbonyl (C=O) groups excluding carboxylic acids is 1. The molecular formula is C17H23N5O. The molecular weight excluding hydrogens is 290 g/mol. The van der Waals surface area contributed by atoms with E-state index in [-0.39, 0.29) is 5.91 Å². The van der Waals surface area contributed by atoms with Gasteiger partial charge in [-0.25, -0.2) is 9.97 Å². The van der Waals surface area contributed by atoms with Gasteiger partial charge >= 0.3 is 0 Å². The van der Waals surface area contributed by atoms with Crippen molar-refractivity contribution in [3.05, 3.63) is 35.9 Å². The average Bonchev–Trinajstić information content (AvgIpc) is 2.91. The minimum atomic E-state index is -0.0984. The van der Waals surface area contributed by atoms with Crippen molar-refractivity contribution >= 4 is 11.9 Å². The Labute approximate surface area is 136 Å². The summed E-state index contributed by atoms with van der Waals surface area (Å²) in [6.45, 7) is 2.15. The summed E-state index contributed by atoms with van der Waals surface area (Å²) in [5.41, 5.74) is 1.92. The molecule has 0 aromatic carbocycles. The molecule has 122 valence electrons. The molecule has 0 saturated heterocycles. The number of nitrogens with one attached hydrogen (secondary N) is 1. The Balaban J connectivity index is 1.60. The number of unbranched alkanes of at least 4 members (excludes halogenated alkanes) is 1. The molecule has 0 unspecified atom stereocenters. The van der Waals surface area contributed by atoms with E-state index >= 15 is 0 Å². The Morgan fingerprint density at radius 1 is 1.35 bits per heavy atom. The fraction of sp³-hybridized carbons (Fsp3) is 0.529. The van der Waals surface area contributed by atoms with Crippen LogP contribution in [0.4, 0.5) is 5.95 Å². The Morgan fingerprint density at radius 2 is 2.22 bits per heavy atom. The number of anilines is 1. The number of aryl methyl sites for hydroxylation is 1. The molecule has 0 radical (unpaired) electrons. The van der Waals surface area contributed by atoms with Gasteiger partial charge in [-0.2, -0.15) is 5.10 Å². The molecule has 1 N–H and O–H groups in total. The first-order valence-corrected chi connectivity index (χ1v) is 8.40. The molecule has 1 fully saturated rings. The van der Waals surface area contributed by atoms with Crippen LogP contribution >= 0.6 is 0 Å². The summed E-state index contributed by atoms with van der Waals surface area (Å²) in [7, 11) is 0. The van der Waals surface area contributed by atoms with Crippen molar-refractivity contribution in [2.45, 2.75) is 57.9 Å². The summed E-state index contributed by atoms with van der Waals surface area (Å²) in [5, 5.41) is 7.15. The normalized spacial score (nSPS) is 14.5. The highest BCUT2D eigenvalue weighted by atomic mass is 16.1. The van der Waals surface area contributed by atoms with Crippen molar-refractivity contribution in [3.63, 3.8) is 0 Å². The standard InChI is InChI=1S/C17H23N5O/c1-2-3-5-13-8-10-18-17(20-13)21-16(23)12-15-9-11-19-22(15)14-6-4-7-14/h8-11,14H,2-7,12H2,1H3,(H,18,20,21,23).